The Morgan fingerprint density at radius 1 is 1.07 bits per heavy atom. The van der Waals surface area contributed by atoms with Gasteiger partial charge in [0.05, 0.1) is 0 Å². The molecule has 0 aromatic carbocycles. The van der Waals surface area contributed by atoms with Gasteiger partial charge in [0.25, 0.3) is 0 Å². The van der Waals surface area contributed by atoms with Crippen LogP contribution in [0.2, 0.25) is 0 Å². The lowest BCUT2D eigenvalue weighted by atomic mass is 9.94. The number of nitrogens with zero attached hydrogens (tertiary/aromatic N) is 1. The van der Waals surface area contributed by atoms with Crippen LogP contribution in [0.25, 0.3) is 0 Å². The third kappa shape index (κ3) is 3.64. The van der Waals surface area contributed by atoms with Crippen molar-refractivity contribution in [1.82, 2.24) is 5.06 Å². The van der Waals surface area contributed by atoms with Crippen molar-refractivity contribution < 1.29 is 9.77 Å². The van der Waals surface area contributed by atoms with Gasteiger partial charge in [0.1, 0.15) is 6.66 Å². The molecule has 83 valence electrons. The second kappa shape index (κ2) is 4.26. The molecule has 0 aliphatic heterocycles. The van der Waals surface area contributed by atoms with Crippen LogP contribution >= 0.6 is 7.80 Å². The Morgan fingerprint density at radius 3 is 1.50 bits per heavy atom. The summed E-state index contributed by atoms with van der Waals surface area (Å²) in [7, 11) is -1.49. The van der Waals surface area contributed by atoms with E-state index in [1.54, 1.807) is 6.66 Å². The van der Waals surface area contributed by atoms with Gasteiger partial charge in [-0.05, 0) is 20.8 Å². The zero-order valence-electron chi connectivity index (χ0n) is 10.3. The summed E-state index contributed by atoms with van der Waals surface area (Å²) in [5, 5.41) is 13.0. The zero-order valence-corrected chi connectivity index (χ0v) is 11.2. The van der Waals surface area contributed by atoms with Gasteiger partial charge < -0.3 is 0 Å². The molecule has 1 radical (unpaired) electrons. The summed E-state index contributed by atoms with van der Waals surface area (Å²) in [4.78, 5) is 0. The third-order valence-corrected chi connectivity index (χ3v) is 3.68. The van der Waals surface area contributed by atoms with Crippen LogP contribution in [0.5, 0.6) is 0 Å². The van der Waals surface area contributed by atoms with Crippen LogP contribution in [-0.4, -0.2) is 23.0 Å². The summed E-state index contributed by atoms with van der Waals surface area (Å²) in [5.41, 5.74) is -0.740. The van der Waals surface area contributed by atoms with Crippen molar-refractivity contribution in [2.45, 2.75) is 52.9 Å². The van der Waals surface area contributed by atoms with Gasteiger partial charge in [0, 0.05) is 11.0 Å². The minimum atomic E-state index is -1.49. The molecule has 0 heterocycles. The van der Waals surface area contributed by atoms with Crippen molar-refractivity contribution in [2.24, 2.45) is 5.41 Å². The molecule has 4 heteroatoms. The summed E-state index contributed by atoms with van der Waals surface area (Å²) < 4.78 is 11.6. The topological polar surface area (TPSA) is 40.2 Å². The highest BCUT2D eigenvalue weighted by molar-refractivity contribution is 7.44. The maximum atomic E-state index is 12.0. The molecule has 0 aliphatic rings. The predicted molar refractivity (Wildman–Crippen MR) is 59.1 cm³/mol. The van der Waals surface area contributed by atoms with Crippen LogP contribution in [0.3, 0.4) is 0 Å². The fraction of sp³-hybridized carbons (Fsp3) is 1.00. The summed E-state index contributed by atoms with van der Waals surface area (Å²) in [6, 6.07) is 0. The molecule has 0 spiro atoms. The second-order valence-corrected chi connectivity index (χ2v) is 7.36. The minimum absolute atomic E-state index is 0.253. The normalized spacial score (nSPS) is 17.1. The lowest BCUT2D eigenvalue weighted by Crippen LogP contribution is -2.48. The van der Waals surface area contributed by atoms with Crippen molar-refractivity contribution in [3.63, 3.8) is 0 Å². The maximum absolute atomic E-state index is 12.0. The Bertz CT molecular complexity index is 215. The molecule has 3 nitrogen and oxygen atoms in total. The average Bonchev–Trinajstić information content (AvgIpc) is 1.79. The number of hydrogen-bond acceptors (Lipinski definition) is 2. The average molecular weight is 219 g/mol. The van der Waals surface area contributed by atoms with E-state index < -0.39 is 19.1 Å². The Hall–Kier alpha value is 0.0200. The van der Waals surface area contributed by atoms with E-state index in [4.69, 9.17) is 0 Å². The van der Waals surface area contributed by atoms with E-state index in [1.807, 2.05) is 41.5 Å². The standard InChI is InChI=1S/C10H22NO2P/c1-9(2,3)8(14(7)13)11(12)10(4,5)6/h8H,1-7H3/q+1. The highest BCUT2D eigenvalue weighted by atomic mass is 31.1. The van der Waals surface area contributed by atoms with Crippen LogP contribution in [0, 0.1) is 5.41 Å². The lowest BCUT2D eigenvalue weighted by molar-refractivity contribution is -0.236. The van der Waals surface area contributed by atoms with E-state index in [0.29, 0.717) is 0 Å². The zero-order chi connectivity index (χ0) is 11.7. The van der Waals surface area contributed by atoms with Crippen LogP contribution in [-0.2, 0) is 9.77 Å². The molecule has 0 N–H and O–H groups in total. The van der Waals surface area contributed by atoms with Gasteiger partial charge in [0.15, 0.2) is 0 Å². The molecule has 0 aliphatic carbocycles. The molecule has 0 rings (SSSR count). The fourth-order valence-electron chi connectivity index (χ4n) is 1.41. The predicted octanol–water partition coefficient (Wildman–Crippen LogP) is 3.26. The summed E-state index contributed by atoms with van der Waals surface area (Å²) >= 11 is 0. The van der Waals surface area contributed by atoms with E-state index in [2.05, 4.69) is 0 Å². The van der Waals surface area contributed by atoms with Crippen LogP contribution in [0.4, 0.5) is 0 Å². The molecule has 0 saturated heterocycles. The Kier molecular flexibility index (Phi) is 4.26. The summed E-state index contributed by atoms with van der Waals surface area (Å²) in [6.07, 6.45) is 0. The molecular weight excluding hydrogens is 197 g/mol. The van der Waals surface area contributed by atoms with Gasteiger partial charge in [-0.25, -0.2) is 0 Å². The first-order chi connectivity index (χ1) is 5.98. The number of hydroxylamine groups is 2. The number of rotatable bonds is 2. The molecule has 0 saturated carbocycles. The Balaban J connectivity index is 4.96. The van der Waals surface area contributed by atoms with E-state index in [1.165, 1.54) is 0 Å². The first-order valence-corrected chi connectivity index (χ1v) is 6.62. The van der Waals surface area contributed by atoms with Gasteiger partial charge in [0.2, 0.25) is 5.78 Å². The van der Waals surface area contributed by atoms with Gasteiger partial charge in [-0.1, -0.05) is 25.3 Å². The molecule has 0 aromatic heterocycles. The van der Waals surface area contributed by atoms with Crippen LogP contribution in [0.15, 0.2) is 0 Å². The summed E-state index contributed by atoms with van der Waals surface area (Å²) in [5.74, 6) is -0.419. The van der Waals surface area contributed by atoms with Crippen molar-refractivity contribution >= 4 is 7.80 Å². The van der Waals surface area contributed by atoms with E-state index in [0.717, 1.165) is 5.06 Å². The van der Waals surface area contributed by atoms with E-state index in [9.17, 15) is 9.77 Å². The lowest BCUT2D eigenvalue weighted by Gasteiger charge is -2.34. The first-order valence-electron chi connectivity index (χ1n) is 4.84. The molecular formula is C10H22NO2P+. The molecule has 0 aromatic rings. The molecule has 14 heavy (non-hydrogen) atoms. The molecule has 2 unspecified atom stereocenters. The SMILES string of the molecule is C[P+](=O)C(N([O])C(C)(C)C)C(C)(C)C. The molecule has 0 bridgehead atoms. The largest absolute Gasteiger partial charge is 0.357 e. The Labute approximate surface area is 88.2 Å². The van der Waals surface area contributed by atoms with Crippen molar-refractivity contribution in [3.8, 4) is 0 Å². The van der Waals surface area contributed by atoms with Crippen LogP contribution in [0.1, 0.15) is 41.5 Å². The number of hydrogen-bond donors (Lipinski definition) is 0. The fourth-order valence-corrected chi connectivity index (χ4v) is 3.14. The quantitative estimate of drug-likeness (QED) is 0.528. The van der Waals surface area contributed by atoms with Gasteiger partial charge >= 0.3 is 7.80 Å². The van der Waals surface area contributed by atoms with E-state index >= 15 is 0 Å². The highest BCUT2D eigenvalue weighted by Gasteiger charge is 2.47. The van der Waals surface area contributed by atoms with Gasteiger partial charge in [-0.3, -0.25) is 0 Å². The van der Waals surface area contributed by atoms with E-state index in [-0.39, 0.29) is 5.41 Å². The summed E-state index contributed by atoms with van der Waals surface area (Å²) in [6.45, 7) is 13.0. The van der Waals surface area contributed by atoms with Crippen molar-refractivity contribution in [2.75, 3.05) is 6.66 Å². The molecule has 2 atom stereocenters. The van der Waals surface area contributed by atoms with Crippen molar-refractivity contribution in [3.05, 3.63) is 0 Å². The minimum Gasteiger partial charge on any atom is -0.116 e. The van der Waals surface area contributed by atoms with Crippen molar-refractivity contribution in [1.29, 1.82) is 0 Å². The smallest absolute Gasteiger partial charge is 0.116 e. The molecule has 0 fully saturated rings. The third-order valence-electron chi connectivity index (χ3n) is 2.00. The maximum Gasteiger partial charge on any atom is 0.357 e. The first kappa shape index (κ1) is 14.0. The van der Waals surface area contributed by atoms with Gasteiger partial charge in [-0.2, -0.15) is 0 Å². The Morgan fingerprint density at radius 2 is 1.43 bits per heavy atom. The second-order valence-electron chi connectivity index (χ2n) is 5.78. The highest BCUT2D eigenvalue weighted by Crippen LogP contribution is 2.41. The van der Waals surface area contributed by atoms with Gasteiger partial charge in [-0.15, -0.1) is 10.3 Å². The monoisotopic (exact) mass is 219 g/mol. The van der Waals surface area contributed by atoms with Crippen LogP contribution < -0.4 is 0 Å². The molecule has 0 amide bonds.